The van der Waals surface area contributed by atoms with Gasteiger partial charge in [-0.05, 0) is 93.8 Å². The number of aromatic nitrogens is 2. The van der Waals surface area contributed by atoms with E-state index < -0.39 is 11.0 Å². The molecular weight excluding hydrogens is 614 g/mol. The number of amides is 1. The first-order valence-corrected chi connectivity index (χ1v) is 15.8. The smallest absolute Gasteiger partial charge is 0.271 e. The number of benzene rings is 3. The Morgan fingerprint density at radius 1 is 1.00 bits per heavy atom. The predicted molar refractivity (Wildman–Crippen MR) is 183 cm³/mol. The molecular formula is C36H33N5O5S. The minimum atomic E-state index is -0.724. The molecule has 0 spiro atoms. The summed E-state index contributed by atoms with van der Waals surface area (Å²) in [5.41, 5.74) is 7.50. The average molecular weight is 648 g/mol. The van der Waals surface area contributed by atoms with Crippen molar-refractivity contribution in [2.45, 2.75) is 40.7 Å². The highest BCUT2D eigenvalue weighted by molar-refractivity contribution is 7.07. The van der Waals surface area contributed by atoms with E-state index in [2.05, 4.69) is 5.32 Å². The molecule has 0 unspecified atom stereocenters. The number of nitrogens with zero attached hydrogens (tertiary/aromatic N) is 4. The van der Waals surface area contributed by atoms with Gasteiger partial charge in [0.15, 0.2) is 4.80 Å². The molecule has 11 heteroatoms. The lowest BCUT2D eigenvalue weighted by Gasteiger charge is -2.25. The van der Waals surface area contributed by atoms with Crippen molar-refractivity contribution in [2.75, 3.05) is 12.4 Å². The molecule has 3 heterocycles. The maximum absolute atomic E-state index is 14.3. The number of fused-ring (bicyclic) bond motifs is 1. The molecule has 1 aliphatic heterocycles. The summed E-state index contributed by atoms with van der Waals surface area (Å²) in [5.74, 6) is 0.325. The second-order valence-electron chi connectivity index (χ2n) is 11.6. The molecule has 6 rings (SSSR count). The summed E-state index contributed by atoms with van der Waals surface area (Å²) in [6, 6.07) is 20.8. The van der Waals surface area contributed by atoms with E-state index in [-0.39, 0.29) is 17.2 Å². The molecule has 0 saturated carbocycles. The third kappa shape index (κ3) is 5.81. The second-order valence-corrected chi connectivity index (χ2v) is 12.6. The van der Waals surface area contributed by atoms with Crippen LogP contribution in [0.3, 0.4) is 0 Å². The SMILES string of the molecule is COc1ccc([C@H]2C(C(=O)Nc3ccc(C)cc3C)=C(C)N=c3s/c(=C\c4cc(C)n(-c5ccc([N+](=O)[O-])cc5)c4C)c(=O)n32)cc1. The Hall–Kier alpha value is -5.55. The van der Waals surface area contributed by atoms with E-state index in [0.29, 0.717) is 32.0 Å². The molecule has 1 aliphatic rings. The number of methoxy groups -OCH3 is 1. The zero-order valence-electron chi connectivity index (χ0n) is 26.8. The Kier molecular flexibility index (Phi) is 8.25. The molecule has 0 bridgehead atoms. The van der Waals surface area contributed by atoms with E-state index in [4.69, 9.17) is 9.73 Å². The van der Waals surface area contributed by atoms with Crippen LogP contribution in [0.25, 0.3) is 11.8 Å². The van der Waals surface area contributed by atoms with Gasteiger partial charge >= 0.3 is 0 Å². The number of carbonyl (C=O) groups is 1. The van der Waals surface area contributed by atoms with E-state index in [1.807, 2.05) is 86.9 Å². The van der Waals surface area contributed by atoms with Gasteiger partial charge in [-0.1, -0.05) is 41.2 Å². The zero-order chi connectivity index (χ0) is 33.6. The molecule has 0 fully saturated rings. The molecule has 0 aliphatic carbocycles. The van der Waals surface area contributed by atoms with Crippen LogP contribution in [0.15, 0.2) is 93.9 Å². The lowest BCUT2D eigenvalue weighted by molar-refractivity contribution is -0.384. The first-order chi connectivity index (χ1) is 22.5. The topological polar surface area (TPSA) is 121 Å². The maximum atomic E-state index is 14.3. The van der Waals surface area contributed by atoms with Crippen LogP contribution < -0.4 is 24.9 Å². The zero-order valence-corrected chi connectivity index (χ0v) is 27.6. The van der Waals surface area contributed by atoms with Crippen LogP contribution >= 0.6 is 11.3 Å². The molecule has 1 N–H and O–H groups in total. The van der Waals surface area contributed by atoms with Gasteiger partial charge in [0.1, 0.15) is 5.75 Å². The molecule has 1 atom stereocenters. The van der Waals surface area contributed by atoms with Crippen molar-refractivity contribution in [2.24, 2.45) is 4.99 Å². The fourth-order valence-electron chi connectivity index (χ4n) is 6.05. The number of hydrogen-bond donors (Lipinski definition) is 1. The van der Waals surface area contributed by atoms with Crippen LogP contribution in [0.4, 0.5) is 11.4 Å². The van der Waals surface area contributed by atoms with Crippen molar-refractivity contribution < 1.29 is 14.5 Å². The molecule has 3 aromatic carbocycles. The fraction of sp³-hybridized carbons (Fsp3) is 0.194. The van der Waals surface area contributed by atoms with Crippen LogP contribution in [-0.4, -0.2) is 27.1 Å². The summed E-state index contributed by atoms with van der Waals surface area (Å²) >= 11 is 1.27. The van der Waals surface area contributed by atoms with Crippen molar-refractivity contribution in [1.82, 2.24) is 9.13 Å². The summed E-state index contributed by atoms with van der Waals surface area (Å²) in [6.07, 6.45) is 1.84. The van der Waals surface area contributed by atoms with Crippen molar-refractivity contribution >= 4 is 34.7 Å². The summed E-state index contributed by atoms with van der Waals surface area (Å²) in [5, 5.41) is 14.2. The van der Waals surface area contributed by atoms with Crippen molar-refractivity contribution in [3.8, 4) is 11.4 Å². The van der Waals surface area contributed by atoms with E-state index in [1.54, 1.807) is 30.7 Å². The summed E-state index contributed by atoms with van der Waals surface area (Å²) < 4.78 is 9.43. The number of nitro benzene ring substituents is 1. The number of anilines is 1. The maximum Gasteiger partial charge on any atom is 0.271 e. The minimum absolute atomic E-state index is 0.0151. The molecule has 0 radical (unpaired) electrons. The number of non-ortho nitro benzene ring substituents is 1. The van der Waals surface area contributed by atoms with Gasteiger partial charge in [0.25, 0.3) is 17.2 Å². The monoisotopic (exact) mass is 647 g/mol. The minimum Gasteiger partial charge on any atom is -0.497 e. The average Bonchev–Trinajstić information content (AvgIpc) is 3.50. The predicted octanol–water partition coefficient (Wildman–Crippen LogP) is 5.82. The number of aryl methyl sites for hydroxylation is 3. The molecule has 0 saturated heterocycles. The van der Waals surface area contributed by atoms with Crippen molar-refractivity contribution in [3.63, 3.8) is 0 Å². The van der Waals surface area contributed by atoms with Crippen LogP contribution in [-0.2, 0) is 4.79 Å². The Balaban J connectivity index is 1.46. The number of carbonyl (C=O) groups excluding carboxylic acids is 1. The van der Waals surface area contributed by atoms with E-state index in [9.17, 15) is 19.7 Å². The Bertz CT molecular complexity index is 2280. The standard InChI is InChI=1S/C36H33N5O5S/c1-20-7-16-30(21(2)17-20)38-34(42)32-23(4)37-36-40(33(32)25-8-14-29(46-6)15-9-25)35(43)31(47-36)19-26-18-22(3)39(24(26)5)27-10-12-28(13-11-27)41(44)45/h7-19,33H,1-6H3,(H,38,42)/b31-19-/t33-/m0/s1. The molecule has 47 heavy (non-hydrogen) atoms. The number of rotatable bonds is 7. The van der Waals surface area contributed by atoms with Gasteiger partial charge in [0.05, 0.1) is 33.9 Å². The first kappa shape index (κ1) is 31.4. The summed E-state index contributed by atoms with van der Waals surface area (Å²) in [4.78, 5) is 44.3. The fourth-order valence-corrected chi connectivity index (χ4v) is 7.09. The van der Waals surface area contributed by atoms with E-state index in [1.165, 1.54) is 23.5 Å². The number of allylic oxidation sites excluding steroid dienone is 1. The van der Waals surface area contributed by atoms with Gasteiger partial charge in [-0.15, -0.1) is 0 Å². The third-order valence-electron chi connectivity index (χ3n) is 8.40. The highest BCUT2D eigenvalue weighted by atomic mass is 32.1. The molecule has 10 nitrogen and oxygen atoms in total. The van der Waals surface area contributed by atoms with Gasteiger partial charge in [-0.25, -0.2) is 4.99 Å². The van der Waals surface area contributed by atoms with E-state index in [0.717, 1.165) is 39.3 Å². The number of ether oxygens (including phenoxy) is 1. The quantitative estimate of drug-likeness (QED) is 0.177. The van der Waals surface area contributed by atoms with Gasteiger partial charge in [-0.2, -0.15) is 0 Å². The van der Waals surface area contributed by atoms with Crippen molar-refractivity contribution in [1.29, 1.82) is 0 Å². The third-order valence-corrected chi connectivity index (χ3v) is 9.39. The lowest BCUT2D eigenvalue weighted by atomic mass is 9.95. The summed E-state index contributed by atoms with van der Waals surface area (Å²) in [7, 11) is 1.59. The van der Waals surface area contributed by atoms with Crippen LogP contribution in [0.1, 0.15) is 46.6 Å². The molecule has 1 amide bonds. The van der Waals surface area contributed by atoms with E-state index >= 15 is 0 Å². The molecule has 2 aromatic heterocycles. The Morgan fingerprint density at radius 2 is 1.70 bits per heavy atom. The van der Waals surface area contributed by atoms with Gasteiger partial charge in [0.2, 0.25) is 0 Å². The van der Waals surface area contributed by atoms with Gasteiger partial charge in [-0.3, -0.25) is 24.3 Å². The normalized spacial score (nSPS) is 14.5. The summed E-state index contributed by atoms with van der Waals surface area (Å²) in [6.45, 7) is 9.62. The Labute approximate surface area is 274 Å². The van der Waals surface area contributed by atoms with Gasteiger partial charge < -0.3 is 14.6 Å². The largest absolute Gasteiger partial charge is 0.497 e. The van der Waals surface area contributed by atoms with Crippen LogP contribution in [0.5, 0.6) is 5.75 Å². The molecule has 5 aromatic rings. The molecule has 238 valence electrons. The highest BCUT2D eigenvalue weighted by Gasteiger charge is 2.33. The van der Waals surface area contributed by atoms with Crippen LogP contribution in [0, 0.1) is 37.8 Å². The Morgan fingerprint density at radius 3 is 2.34 bits per heavy atom. The van der Waals surface area contributed by atoms with Crippen molar-refractivity contribution in [3.05, 3.63) is 148 Å². The van der Waals surface area contributed by atoms with Gasteiger partial charge in [0, 0.05) is 34.9 Å². The number of thiazole rings is 1. The number of nitrogens with one attached hydrogen (secondary N) is 1. The lowest BCUT2D eigenvalue weighted by Crippen LogP contribution is -2.40. The second kappa shape index (κ2) is 12.3. The first-order valence-electron chi connectivity index (χ1n) is 15.0. The highest BCUT2D eigenvalue weighted by Crippen LogP contribution is 2.32. The number of hydrogen-bond acceptors (Lipinski definition) is 7. The number of nitro groups is 1. The van der Waals surface area contributed by atoms with Crippen LogP contribution in [0.2, 0.25) is 0 Å².